The maximum Gasteiger partial charge on any atom is 0.166 e. The minimum Gasteiger partial charge on any atom is -0.308 e. The van der Waals surface area contributed by atoms with E-state index in [0.717, 1.165) is 94.6 Å². The van der Waals surface area contributed by atoms with Gasteiger partial charge in [0, 0.05) is 38.2 Å². The average molecular weight is 944 g/mol. The predicted octanol–water partition coefficient (Wildman–Crippen LogP) is 17.7. The van der Waals surface area contributed by atoms with Gasteiger partial charge in [0.1, 0.15) is 0 Å². The van der Waals surface area contributed by atoms with Gasteiger partial charge >= 0.3 is 0 Å². The van der Waals surface area contributed by atoms with Gasteiger partial charge in [0.2, 0.25) is 0 Å². The zero-order chi connectivity index (χ0) is 49.0. The molecule has 14 aromatic rings. The topological polar surface area (TPSA) is 48.5 Å². The minimum absolute atomic E-state index is 0.577. The zero-order valence-corrected chi connectivity index (χ0v) is 40.2. The highest BCUT2D eigenvalue weighted by Crippen LogP contribution is 2.42. The van der Waals surface area contributed by atoms with Gasteiger partial charge in [0.25, 0.3) is 0 Å². The lowest BCUT2D eigenvalue weighted by atomic mass is 10.0. The minimum atomic E-state index is 0.577. The number of rotatable bonds is 9. The van der Waals surface area contributed by atoms with Crippen molar-refractivity contribution in [2.24, 2.45) is 0 Å². The molecule has 0 aliphatic rings. The summed E-state index contributed by atoms with van der Waals surface area (Å²) in [5, 5.41) is 4.67. The van der Waals surface area contributed by atoms with Crippen molar-refractivity contribution in [1.82, 2.24) is 24.1 Å². The van der Waals surface area contributed by atoms with Gasteiger partial charge in [-0.15, -0.1) is 0 Å². The molecule has 0 unspecified atom stereocenters. The maximum absolute atomic E-state index is 5.57. The molecule has 0 amide bonds. The average Bonchev–Trinajstić information content (AvgIpc) is 3.99. The van der Waals surface area contributed by atoms with Gasteiger partial charge in [-0.1, -0.05) is 224 Å². The molecule has 0 N–H and O–H groups in total. The van der Waals surface area contributed by atoms with Crippen molar-refractivity contribution >= 4 is 43.6 Å². The van der Waals surface area contributed by atoms with Gasteiger partial charge in [0.05, 0.1) is 33.4 Å². The third-order valence-corrected chi connectivity index (χ3v) is 14.4. The zero-order valence-electron chi connectivity index (χ0n) is 40.2. The highest BCUT2D eigenvalue weighted by Gasteiger charge is 2.23. The molecule has 3 aromatic heterocycles. The van der Waals surface area contributed by atoms with E-state index in [-0.39, 0.29) is 0 Å². The van der Waals surface area contributed by atoms with Gasteiger partial charge in [-0.25, -0.2) is 15.0 Å². The molecule has 0 saturated carbocycles. The lowest BCUT2D eigenvalue weighted by Gasteiger charge is -2.17. The quantitative estimate of drug-likeness (QED) is 0.145. The number of hydrogen-bond donors (Lipinski definition) is 0. The first-order valence-corrected chi connectivity index (χ1v) is 25.1. The van der Waals surface area contributed by atoms with E-state index in [4.69, 9.17) is 15.0 Å². The Bertz CT molecular complexity index is 3930. The molecule has 346 valence electrons. The maximum atomic E-state index is 5.57. The number of hydrogen-bond acceptors (Lipinski definition) is 3. The van der Waals surface area contributed by atoms with Crippen LogP contribution in [0.4, 0.5) is 0 Å². The summed E-state index contributed by atoms with van der Waals surface area (Å²) in [4.78, 5) is 16.4. The van der Waals surface area contributed by atoms with Crippen molar-refractivity contribution < 1.29 is 0 Å². The first-order valence-electron chi connectivity index (χ1n) is 25.1. The van der Waals surface area contributed by atoms with E-state index in [1.54, 1.807) is 0 Å². The third kappa shape index (κ3) is 7.46. The van der Waals surface area contributed by atoms with E-state index < -0.39 is 0 Å². The van der Waals surface area contributed by atoms with Gasteiger partial charge in [-0.05, 0) is 93.0 Å². The molecule has 0 spiro atoms. The summed E-state index contributed by atoms with van der Waals surface area (Å²) < 4.78 is 4.82. The van der Waals surface area contributed by atoms with E-state index in [2.05, 4.69) is 264 Å². The van der Waals surface area contributed by atoms with E-state index in [1.807, 2.05) is 18.2 Å². The fraction of sp³-hybridized carbons (Fsp3) is 0. The van der Waals surface area contributed by atoms with Crippen molar-refractivity contribution in [3.8, 4) is 90.0 Å². The number of nitrogens with zero attached hydrogens (tertiary/aromatic N) is 5. The number of aromatic nitrogens is 5. The van der Waals surface area contributed by atoms with E-state index in [9.17, 15) is 0 Å². The largest absolute Gasteiger partial charge is 0.308 e. The number of benzene rings is 11. The summed E-state index contributed by atoms with van der Waals surface area (Å²) in [5.74, 6) is 1.75. The molecule has 5 heteroatoms. The van der Waals surface area contributed by atoms with Crippen LogP contribution in [0.5, 0.6) is 0 Å². The molecule has 0 radical (unpaired) electrons. The first-order chi connectivity index (χ1) is 36.7. The predicted molar refractivity (Wildman–Crippen MR) is 307 cm³/mol. The SMILES string of the molecule is c1ccc(-c2ccc3c4ccc(-c5ccccc5)cc4n(-c4ccccc4-c4nc(-c5ccccc5)nc(-c5ccccc5-n5c6cc(-c7ccccc7)ccc6c6ccc(-c7ccccc7)cc65)n4)c3c2)cc1. The molecule has 3 heterocycles. The van der Waals surface area contributed by atoms with Crippen molar-refractivity contribution in [3.05, 3.63) is 273 Å². The molecule has 0 bridgehead atoms. The van der Waals surface area contributed by atoms with Crippen molar-refractivity contribution in [2.45, 2.75) is 0 Å². The Morgan fingerprint density at radius 1 is 0.203 bits per heavy atom. The molecule has 0 aliphatic heterocycles. The second kappa shape index (κ2) is 18.0. The fourth-order valence-corrected chi connectivity index (χ4v) is 10.8. The van der Waals surface area contributed by atoms with Crippen molar-refractivity contribution in [2.75, 3.05) is 0 Å². The normalized spacial score (nSPS) is 11.5. The second-order valence-corrected chi connectivity index (χ2v) is 18.8. The van der Waals surface area contributed by atoms with Crippen molar-refractivity contribution in [3.63, 3.8) is 0 Å². The van der Waals surface area contributed by atoms with E-state index in [1.165, 1.54) is 21.5 Å². The monoisotopic (exact) mass is 943 g/mol. The van der Waals surface area contributed by atoms with Gasteiger partial charge in [-0.2, -0.15) is 0 Å². The van der Waals surface area contributed by atoms with E-state index in [0.29, 0.717) is 17.5 Å². The summed E-state index contributed by atoms with van der Waals surface area (Å²) in [7, 11) is 0. The fourth-order valence-electron chi connectivity index (χ4n) is 10.8. The van der Waals surface area contributed by atoms with Crippen LogP contribution < -0.4 is 0 Å². The number of fused-ring (bicyclic) bond motifs is 6. The van der Waals surface area contributed by atoms with Crippen LogP contribution in [0.2, 0.25) is 0 Å². The summed E-state index contributed by atoms with van der Waals surface area (Å²) in [6.07, 6.45) is 0. The third-order valence-electron chi connectivity index (χ3n) is 14.4. The summed E-state index contributed by atoms with van der Waals surface area (Å²) in [6, 6.07) is 97.2. The Labute approximate surface area is 428 Å². The van der Waals surface area contributed by atoms with Crippen LogP contribution in [0.25, 0.3) is 134 Å². The van der Waals surface area contributed by atoms with Crippen LogP contribution in [0.1, 0.15) is 0 Å². The van der Waals surface area contributed by atoms with Gasteiger partial charge < -0.3 is 9.13 Å². The van der Waals surface area contributed by atoms with Crippen molar-refractivity contribution in [1.29, 1.82) is 0 Å². The molecule has 74 heavy (non-hydrogen) atoms. The standard InChI is InChI=1S/C69H45N5/c1-6-20-46(21-7-1)51-34-38-55-56-39-35-52(47-22-8-2-9-23-47)43-64(56)73(63(55)42-51)61-32-18-16-30-59(61)68-70-67(50-28-14-5-15-29-50)71-69(72-68)60-31-17-19-33-62(60)74-65-44-53(48-24-10-3-11-25-48)36-40-57(65)58-41-37-54(45-66(58)74)49-26-12-4-13-27-49/h1-45H. The smallest absolute Gasteiger partial charge is 0.166 e. The summed E-state index contributed by atoms with van der Waals surface area (Å²) in [5.41, 5.74) is 18.2. The first kappa shape index (κ1) is 42.9. The Morgan fingerprint density at radius 3 is 0.770 bits per heavy atom. The molecule has 14 rings (SSSR count). The second-order valence-electron chi connectivity index (χ2n) is 18.8. The van der Waals surface area contributed by atoms with Crippen LogP contribution in [0, 0.1) is 0 Å². The lowest BCUT2D eigenvalue weighted by molar-refractivity contribution is 1.06. The number of para-hydroxylation sites is 2. The highest BCUT2D eigenvalue weighted by molar-refractivity contribution is 6.13. The molecular weight excluding hydrogens is 899 g/mol. The molecular formula is C69H45N5. The van der Waals surface area contributed by atoms with Crippen LogP contribution in [0.3, 0.4) is 0 Å². The van der Waals surface area contributed by atoms with Gasteiger partial charge in [-0.3, -0.25) is 0 Å². The molecule has 5 nitrogen and oxygen atoms in total. The van der Waals surface area contributed by atoms with E-state index >= 15 is 0 Å². The lowest BCUT2D eigenvalue weighted by Crippen LogP contribution is -2.05. The molecule has 0 atom stereocenters. The van der Waals surface area contributed by atoms with Crippen LogP contribution >= 0.6 is 0 Å². The summed E-state index contributed by atoms with van der Waals surface area (Å²) >= 11 is 0. The summed E-state index contributed by atoms with van der Waals surface area (Å²) in [6.45, 7) is 0. The highest BCUT2D eigenvalue weighted by atomic mass is 15.1. The Morgan fingerprint density at radius 2 is 0.459 bits per heavy atom. The Balaban J connectivity index is 1.02. The van der Waals surface area contributed by atoms with Crippen LogP contribution in [0.15, 0.2) is 273 Å². The molecule has 0 saturated heterocycles. The molecule has 0 fully saturated rings. The molecule has 11 aromatic carbocycles. The van der Waals surface area contributed by atoms with Crippen LogP contribution in [-0.2, 0) is 0 Å². The Hall–Kier alpha value is -9.97. The van der Waals surface area contributed by atoms with Crippen LogP contribution in [-0.4, -0.2) is 24.1 Å². The molecule has 0 aliphatic carbocycles. The Kier molecular flexibility index (Phi) is 10.4. The van der Waals surface area contributed by atoms with Gasteiger partial charge in [0.15, 0.2) is 17.5 Å².